The van der Waals surface area contributed by atoms with Gasteiger partial charge in [-0.1, -0.05) is 13.8 Å². The highest BCUT2D eigenvalue weighted by Gasteiger charge is 2.32. The van der Waals surface area contributed by atoms with Gasteiger partial charge in [0.15, 0.2) is 6.04 Å². The van der Waals surface area contributed by atoms with Gasteiger partial charge < -0.3 is 48.3 Å². The number of benzene rings is 1. The fourth-order valence-electron chi connectivity index (χ4n) is 5.22. The van der Waals surface area contributed by atoms with Crippen molar-refractivity contribution in [3.63, 3.8) is 0 Å². The predicted molar refractivity (Wildman–Crippen MR) is 200 cm³/mol. The highest BCUT2D eigenvalue weighted by Crippen LogP contribution is 2.31. The molecule has 6 amide bonds. The van der Waals surface area contributed by atoms with Crippen molar-refractivity contribution in [1.82, 2.24) is 26.3 Å². The third kappa shape index (κ3) is 13.4. The minimum Gasteiger partial charge on any atom is -0.480 e. The minimum absolute atomic E-state index is 0.104. The number of thiazole rings is 1. The van der Waals surface area contributed by atoms with E-state index in [2.05, 4.69) is 36.6 Å². The fourth-order valence-corrected chi connectivity index (χ4v) is 7.32. The Morgan fingerprint density at radius 1 is 0.906 bits per heavy atom. The maximum atomic E-state index is 13.7. The van der Waals surface area contributed by atoms with Gasteiger partial charge in [-0.05, 0) is 62.8 Å². The molecule has 290 valence electrons. The van der Waals surface area contributed by atoms with Crippen LogP contribution < -0.4 is 38.1 Å². The number of unbranched alkanes of at least 4 members (excludes halogenated alkanes) is 1. The molecule has 0 saturated heterocycles. The molecule has 18 nitrogen and oxygen atoms in total. The number of aliphatic hydroxyl groups is 1. The summed E-state index contributed by atoms with van der Waals surface area (Å²) in [5, 5.41) is 32.8. The molecule has 1 aromatic heterocycles. The van der Waals surface area contributed by atoms with Gasteiger partial charge in [-0.25, -0.2) is 9.78 Å². The summed E-state index contributed by atoms with van der Waals surface area (Å²) in [6.07, 6.45) is 0.908. The molecule has 1 aromatic carbocycles. The number of nitrogens with two attached hydrogens (primary N) is 2. The summed E-state index contributed by atoms with van der Waals surface area (Å²) in [5.41, 5.74) is 11.9. The summed E-state index contributed by atoms with van der Waals surface area (Å²) >= 11 is 2.57. The lowest BCUT2D eigenvalue weighted by Gasteiger charge is -2.27. The average molecular weight is 778 g/mol. The molecule has 0 bridgehead atoms. The summed E-state index contributed by atoms with van der Waals surface area (Å²) < 4.78 is 0.688. The van der Waals surface area contributed by atoms with Crippen LogP contribution in [-0.2, 0) is 33.6 Å². The van der Waals surface area contributed by atoms with E-state index in [9.17, 15) is 43.8 Å². The van der Waals surface area contributed by atoms with E-state index in [1.807, 2.05) is 13.8 Å². The number of aliphatic carboxylic acids is 1. The number of carboxylic acids is 1. The number of carbonyl (C=O) groups excluding carboxylic acids is 6. The molecule has 0 fully saturated rings. The monoisotopic (exact) mass is 777 g/mol. The lowest BCUT2D eigenvalue weighted by molar-refractivity contribution is -0.137. The third-order valence-corrected chi connectivity index (χ3v) is 10.1. The number of hydrogen-bond acceptors (Lipinski definition) is 13. The first-order valence-corrected chi connectivity index (χ1v) is 18.8. The van der Waals surface area contributed by atoms with Gasteiger partial charge in [0.25, 0.3) is 0 Å². The number of thioether (sulfide) groups is 1. The molecular formula is C33H47N9O9S2. The van der Waals surface area contributed by atoms with Crippen LogP contribution in [0.5, 0.6) is 0 Å². The smallest absolute Gasteiger partial charge is 0.329 e. The fraction of sp³-hybridized carbons (Fsp3) is 0.545. The molecule has 1 aliphatic heterocycles. The Hall–Kier alpha value is -4.66. The topological polar surface area (TPSA) is 297 Å². The number of aliphatic hydroxyl groups excluding tert-OH is 1. The molecule has 3 rings (SSSR count). The lowest BCUT2D eigenvalue weighted by Crippen LogP contribution is -2.58. The molecule has 0 aliphatic carbocycles. The number of rotatable bonds is 21. The van der Waals surface area contributed by atoms with Crippen molar-refractivity contribution in [3.05, 3.63) is 23.2 Å². The normalized spacial score (nSPS) is 16.2. The van der Waals surface area contributed by atoms with Crippen LogP contribution in [0, 0.1) is 5.92 Å². The van der Waals surface area contributed by atoms with Crippen molar-refractivity contribution >= 4 is 85.5 Å². The number of aliphatic imine (C=N–C) groups is 1. The van der Waals surface area contributed by atoms with Gasteiger partial charge in [0.2, 0.25) is 35.4 Å². The molecule has 20 heteroatoms. The zero-order valence-electron chi connectivity index (χ0n) is 29.7. The first kappa shape index (κ1) is 42.8. The Bertz CT molecular complexity index is 1700. The second kappa shape index (κ2) is 20.5. The van der Waals surface area contributed by atoms with E-state index in [0.717, 1.165) is 0 Å². The number of aromatic nitrogens is 1. The summed E-state index contributed by atoms with van der Waals surface area (Å²) in [5.74, 6) is -4.94. The molecule has 1 aliphatic rings. The minimum atomic E-state index is -1.30. The Balaban J connectivity index is 1.78. The van der Waals surface area contributed by atoms with Crippen LogP contribution in [0.4, 0.5) is 5.69 Å². The zero-order valence-corrected chi connectivity index (χ0v) is 31.3. The van der Waals surface area contributed by atoms with E-state index < -0.39 is 78.2 Å². The summed E-state index contributed by atoms with van der Waals surface area (Å²) in [6.45, 7) is 4.46. The van der Waals surface area contributed by atoms with Gasteiger partial charge in [0, 0.05) is 24.8 Å². The van der Waals surface area contributed by atoms with E-state index >= 15 is 0 Å². The number of nitrogens with zero attached hydrogens (tertiary/aromatic N) is 2. The number of fused-ring (bicyclic) bond motifs is 1. The van der Waals surface area contributed by atoms with Crippen molar-refractivity contribution < 1.29 is 43.8 Å². The Morgan fingerprint density at radius 2 is 1.55 bits per heavy atom. The number of primary amides is 1. The third-order valence-electron chi connectivity index (χ3n) is 7.88. The Morgan fingerprint density at radius 3 is 2.13 bits per heavy atom. The number of carboxylic acid groups (broad SMARTS) is 1. The number of amides is 6. The molecule has 0 spiro atoms. The zero-order chi connectivity index (χ0) is 39.2. The Kier molecular flexibility index (Phi) is 16.6. The van der Waals surface area contributed by atoms with E-state index in [4.69, 9.17) is 11.5 Å². The number of hydrogen-bond donors (Lipinski definition) is 9. The molecule has 53 heavy (non-hydrogen) atoms. The second-order valence-electron chi connectivity index (χ2n) is 12.8. The van der Waals surface area contributed by atoms with Crippen molar-refractivity contribution in [3.8, 4) is 0 Å². The maximum absolute atomic E-state index is 13.7. The Labute approximate surface area is 314 Å². The van der Waals surface area contributed by atoms with Gasteiger partial charge >= 0.3 is 5.97 Å². The van der Waals surface area contributed by atoms with Crippen LogP contribution in [0.15, 0.2) is 23.2 Å². The van der Waals surface area contributed by atoms with E-state index in [1.54, 1.807) is 18.2 Å². The van der Waals surface area contributed by atoms with Crippen LogP contribution in [-0.4, -0.2) is 111 Å². The first-order valence-electron chi connectivity index (χ1n) is 17.0. The molecule has 5 atom stereocenters. The standard InChI is InChI=1S/C33H47N9O9S2/c1-16(2)12-22(40-28(47)20(6-4-5-11-34)38-30(49)23(14-43)36-17(3)44)29(48)39-21(9-10-26(35)45)27(46)37-18-7-8-19-25(13-18)53-32(41-19)31-42-24(15-52-31)33(50)51/h7-8,13,16,20-24,43H,4-6,9-12,14-15,34H2,1-3H3,(H2,35,45)(H,36,44)(H,37,46)(H,38,49)(H,39,48)(H,40,47)(H,50,51)/t20-,21-,22-,23-,24?/m0/s1. The summed E-state index contributed by atoms with van der Waals surface area (Å²) in [6, 6.07) is -0.743. The van der Waals surface area contributed by atoms with Crippen LogP contribution >= 0.6 is 23.1 Å². The molecule has 1 unspecified atom stereocenters. The van der Waals surface area contributed by atoms with Crippen molar-refractivity contribution in [1.29, 1.82) is 0 Å². The van der Waals surface area contributed by atoms with Gasteiger partial charge in [-0.3, -0.25) is 33.8 Å². The van der Waals surface area contributed by atoms with Gasteiger partial charge in [0.05, 0.1) is 16.8 Å². The second-order valence-corrected chi connectivity index (χ2v) is 14.9. The van der Waals surface area contributed by atoms with Gasteiger partial charge in [-0.2, -0.15) is 0 Å². The van der Waals surface area contributed by atoms with Gasteiger partial charge in [-0.15, -0.1) is 23.1 Å². The molecule has 0 saturated carbocycles. The number of nitrogens with one attached hydrogen (secondary N) is 5. The maximum Gasteiger partial charge on any atom is 0.329 e. The summed E-state index contributed by atoms with van der Waals surface area (Å²) in [7, 11) is 0. The summed E-state index contributed by atoms with van der Waals surface area (Å²) in [4.78, 5) is 96.9. The molecule has 0 radical (unpaired) electrons. The number of carbonyl (C=O) groups is 7. The predicted octanol–water partition coefficient (Wildman–Crippen LogP) is -0.427. The van der Waals surface area contributed by atoms with Gasteiger partial charge in [0.1, 0.15) is 34.2 Å². The van der Waals surface area contributed by atoms with Crippen LogP contribution in [0.25, 0.3) is 10.2 Å². The highest BCUT2D eigenvalue weighted by molar-refractivity contribution is 8.15. The molecule has 11 N–H and O–H groups in total. The largest absolute Gasteiger partial charge is 0.480 e. The molecule has 2 heterocycles. The molecular weight excluding hydrogens is 731 g/mol. The van der Waals surface area contributed by atoms with Crippen LogP contribution in [0.3, 0.4) is 0 Å². The van der Waals surface area contributed by atoms with Crippen molar-refractivity contribution in [2.75, 3.05) is 24.2 Å². The van der Waals surface area contributed by atoms with Crippen LogP contribution in [0.2, 0.25) is 0 Å². The van der Waals surface area contributed by atoms with Crippen LogP contribution in [0.1, 0.15) is 64.3 Å². The SMILES string of the molecule is CC(=O)N[C@@H](CO)C(=O)N[C@@H](CCCCN)C(=O)N[C@@H](CC(C)C)C(=O)N[C@@H](CCC(N)=O)C(=O)Nc1ccc2nc(C3=NC(C(=O)O)CS3)sc2c1. The average Bonchev–Trinajstić information content (AvgIpc) is 3.75. The highest BCUT2D eigenvalue weighted by atomic mass is 32.2. The lowest BCUT2D eigenvalue weighted by atomic mass is 10.0. The first-order chi connectivity index (χ1) is 25.1. The van der Waals surface area contributed by atoms with Crippen molar-refractivity contribution in [2.24, 2.45) is 22.4 Å². The molecule has 2 aromatic rings. The van der Waals surface area contributed by atoms with E-state index in [0.29, 0.717) is 51.1 Å². The van der Waals surface area contributed by atoms with E-state index in [-0.39, 0.29) is 31.6 Å². The van der Waals surface area contributed by atoms with Crippen molar-refractivity contribution in [2.45, 2.75) is 89.5 Å². The quantitative estimate of drug-likeness (QED) is 0.0730. The number of anilines is 1. The van der Waals surface area contributed by atoms with E-state index in [1.165, 1.54) is 30.0 Å².